The molecule has 0 aromatic heterocycles. The first-order valence-corrected chi connectivity index (χ1v) is 7.09. The minimum absolute atomic E-state index is 0.166. The monoisotopic (exact) mass is 250 g/mol. The number of rotatable bonds is 2. The molecular weight excluding hydrogens is 232 g/mol. The topological polar surface area (TPSA) is 32.3 Å². The van der Waals surface area contributed by atoms with Crippen molar-refractivity contribution in [1.82, 2.24) is 10.2 Å². The molecule has 3 nitrogen and oxygen atoms in total. The van der Waals surface area contributed by atoms with Crippen LogP contribution in [0, 0.1) is 6.92 Å². The Bertz CT molecular complexity index is 414. The van der Waals surface area contributed by atoms with Crippen molar-refractivity contribution in [3.05, 3.63) is 29.3 Å². The summed E-state index contributed by atoms with van der Waals surface area (Å²) in [5.74, 6) is 0.166. The average molecular weight is 250 g/mol. The Morgan fingerprint density at radius 1 is 1.35 bits per heavy atom. The number of hydrogen-bond donors (Lipinski definition) is 1. The van der Waals surface area contributed by atoms with Gasteiger partial charge in [-0.05, 0) is 25.3 Å². The van der Waals surface area contributed by atoms with Gasteiger partial charge in [0.05, 0.1) is 5.56 Å². The number of aryl methyl sites for hydroxylation is 1. The maximum absolute atomic E-state index is 12.4. The van der Waals surface area contributed by atoms with E-state index in [0.717, 1.165) is 42.2 Å². The van der Waals surface area contributed by atoms with Gasteiger partial charge in [0.2, 0.25) is 0 Å². The highest BCUT2D eigenvalue weighted by molar-refractivity contribution is 7.98. The number of nitrogens with zero attached hydrogens (tertiary/aromatic N) is 1. The van der Waals surface area contributed by atoms with Gasteiger partial charge in [0, 0.05) is 31.1 Å². The zero-order valence-corrected chi connectivity index (χ0v) is 11.1. The lowest BCUT2D eigenvalue weighted by molar-refractivity contribution is 0.0732. The molecule has 1 heterocycles. The summed E-state index contributed by atoms with van der Waals surface area (Å²) >= 11 is 1.63. The van der Waals surface area contributed by atoms with Crippen molar-refractivity contribution < 1.29 is 4.79 Å². The van der Waals surface area contributed by atoms with Crippen LogP contribution in [0.25, 0.3) is 0 Å². The number of carbonyl (C=O) groups is 1. The minimum Gasteiger partial charge on any atom is -0.336 e. The number of benzene rings is 1. The fraction of sp³-hybridized carbons (Fsp3) is 0.462. The van der Waals surface area contributed by atoms with Crippen LogP contribution in [-0.4, -0.2) is 43.2 Å². The van der Waals surface area contributed by atoms with Crippen LogP contribution in [0.3, 0.4) is 0 Å². The second-order valence-electron chi connectivity index (χ2n) is 4.25. The second kappa shape index (κ2) is 5.56. The van der Waals surface area contributed by atoms with Gasteiger partial charge < -0.3 is 10.2 Å². The van der Waals surface area contributed by atoms with Crippen LogP contribution in [0.1, 0.15) is 15.9 Å². The molecular formula is C13H18N2OS. The molecule has 0 unspecified atom stereocenters. The summed E-state index contributed by atoms with van der Waals surface area (Å²) in [7, 11) is 0. The summed E-state index contributed by atoms with van der Waals surface area (Å²) in [6.45, 7) is 5.43. The van der Waals surface area contributed by atoms with Crippen LogP contribution in [0.4, 0.5) is 0 Å². The van der Waals surface area contributed by atoms with Gasteiger partial charge in [-0.25, -0.2) is 0 Å². The van der Waals surface area contributed by atoms with Gasteiger partial charge >= 0.3 is 0 Å². The second-order valence-corrected chi connectivity index (χ2v) is 5.09. The van der Waals surface area contributed by atoms with Crippen molar-refractivity contribution in [2.24, 2.45) is 0 Å². The zero-order valence-electron chi connectivity index (χ0n) is 10.3. The highest BCUT2D eigenvalue weighted by Crippen LogP contribution is 2.23. The Kier molecular flexibility index (Phi) is 4.07. The van der Waals surface area contributed by atoms with Crippen molar-refractivity contribution in [3.63, 3.8) is 0 Å². The molecule has 1 amide bonds. The minimum atomic E-state index is 0.166. The number of piperazine rings is 1. The first-order valence-electron chi connectivity index (χ1n) is 5.87. The molecule has 1 aliphatic rings. The SMILES string of the molecule is CSc1ccc(C)cc1C(=O)N1CCNCC1. The summed E-state index contributed by atoms with van der Waals surface area (Å²) in [5, 5.41) is 3.26. The Morgan fingerprint density at radius 3 is 2.71 bits per heavy atom. The number of amides is 1. The maximum Gasteiger partial charge on any atom is 0.255 e. The van der Waals surface area contributed by atoms with Gasteiger partial charge in [-0.1, -0.05) is 11.6 Å². The Morgan fingerprint density at radius 2 is 2.06 bits per heavy atom. The Balaban J connectivity index is 2.25. The Hall–Kier alpha value is -1.00. The highest BCUT2D eigenvalue weighted by Gasteiger charge is 2.20. The van der Waals surface area contributed by atoms with Crippen molar-refractivity contribution in [1.29, 1.82) is 0 Å². The fourth-order valence-electron chi connectivity index (χ4n) is 2.03. The van der Waals surface area contributed by atoms with Gasteiger partial charge in [-0.3, -0.25) is 4.79 Å². The van der Waals surface area contributed by atoms with Gasteiger partial charge in [0.15, 0.2) is 0 Å². The summed E-state index contributed by atoms with van der Waals surface area (Å²) in [4.78, 5) is 15.4. The lowest BCUT2D eigenvalue weighted by atomic mass is 10.1. The standard InChI is InChI=1S/C13H18N2OS/c1-10-3-4-12(17-2)11(9-10)13(16)15-7-5-14-6-8-15/h3-4,9,14H,5-8H2,1-2H3. The third kappa shape index (κ3) is 2.82. The van der Waals surface area contributed by atoms with E-state index in [9.17, 15) is 4.79 Å². The summed E-state index contributed by atoms with van der Waals surface area (Å²) in [5.41, 5.74) is 1.99. The first kappa shape index (κ1) is 12.5. The lowest BCUT2D eigenvalue weighted by Crippen LogP contribution is -2.46. The molecule has 2 rings (SSSR count). The predicted octanol–water partition coefficient (Wildman–Crippen LogP) is 1.76. The van der Waals surface area contributed by atoms with Crippen LogP contribution >= 0.6 is 11.8 Å². The van der Waals surface area contributed by atoms with E-state index in [4.69, 9.17) is 0 Å². The van der Waals surface area contributed by atoms with Gasteiger partial charge in [0.25, 0.3) is 5.91 Å². The molecule has 0 saturated carbocycles. The van der Waals surface area contributed by atoms with Crippen LogP contribution in [0.2, 0.25) is 0 Å². The number of carbonyl (C=O) groups excluding carboxylic acids is 1. The van der Waals surface area contributed by atoms with E-state index in [-0.39, 0.29) is 5.91 Å². The van der Waals surface area contributed by atoms with Crippen molar-refractivity contribution >= 4 is 17.7 Å². The van der Waals surface area contributed by atoms with Crippen molar-refractivity contribution in [3.8, 4) is 0 Å². The van der Waals surface area contributed by atoms with E-state index in [2.05, 4.69) is 11.4 Å². The molecule has 0 aliphatic carbocycles. The molecule has 4 heteroatoms. The maximum atomic E-state index is 12.4. The summed E-state index contributed by atoms with van der Waals surface area (Å²) in [6.07, 6.45) is 2.01. The molecule has 1 fully saturated rings. The molecule has 0 bridgehead atoms. The number of hydrogen-bond acceptors (Lipinski definition) is 3. The van der Waals surface area contributed by atoms with E-state index in [1.54, 1.807) is 11.8 Å². The summed E-state index contributed by atoms with van der Waals surface area (Å²) < 4.78 is 0. The van der Waals surface area contributed by atoms with Crippen LogP contribution in [0.15, 0.2) is 23.1 Å². The molecule has 0 atom stereocenters. The van der Waals surface area contributed by atoms with E-state index in [1.807, 2.05) is 30.2 Å². The van der Waals surface area contributed by atoms with E-state index in [0.29, 0.717) is 0 Å². The van der Waals surface area contributed by atoms with Crippen LogP contribution in [-0.2, 0) is 0 Å². The van der Waals surface area contributed by atoms with Gasteiger partial charge in [-0.2, -0.15) is 0 Å². The third-order valence-corrected chi connectivity index (χ3v) is 3.79. The quantitative estimate of drug-likeness (QED) is 0.812. The smallest absolute Gasteiger partial charge is 0.255 e. The van der Waals surface area contributed by atoms with Crippen LogP contribution in [0.5, 0.6) is 0 Å². The number of nitrogens with one attached hydrogen (secondary N) is 1. The van der Waals surface area contributed by atoms with E-state index < -0.39 is 0 Å². The molecule has 1 saturated heterocycles. The summed E-state index contributed by atoms with van der Waals surface area (Å²) in [6, 6.07) is 6.09. The molecule has 1 N–H and O–H groups in total. The average Bonchev–Trinajstić information content (AvgIpc) is 2.39. The predicted molar refractivity (Wildman–Crippen MR) is 71.7 cm³/mol. The molecule has 1 aromatic carbocycles. The number of thioether (sulfide) groups is 1. The molecule has 92 valence electrons. The highest BCUT2D eigenvalue weighted by atomic mass is 32.2. The molecule has 0 radical (unpaired) electrons. The third-order valence-electron chi connectivity index (χ3n) is 2.99. The normalized spacial score (nSPS) is 16.0. The van der Waals surface area contributed by atoms with Crippen molar-refractivity contribution in [2.75, 3.05) is 32.4 Å². The molecule has 1 aliphatic heterocycles. The van der Waals surface area contributed by atoms with E-state index in [1.165, 1.54) is 0 Å². The lowest BCUT2D eigenvalue weighted by Gasteiger charge is -2.28. The van der Waals surface area contributed by atoms with Gasteiger partial charge in [-0.15, -0.1) is 11.8 Å². The largest absolute Gasteiger partial charge is 0.336 e. The van der Waals surface area contributed by atoms with Crippen LogP contribution < -0.4 is 5.32 Å². The van der Waals surface area contributed by atoms with Crippen molar-refractivity contribution in [2.45, 2.75) is 11.8 Å². The molecule has 17 heavy (non-hydrogen) atoms. The van der Waals surface area contributed by atoms with E-state index >= 15 is 0 Å². The van der Waals surface area contributed by atoms with Gasteiger partial charge in [0.1, 0.15) is 0 Å². The fourth-order valence-corrected chi connectivity index (χ4v) is 2.60. The molecule has 1 aromatic rings. The first-order chi connectivity index (χ1) is 8.22. The Labute approximate surface area is 107 Å². The molecule has 0 spiro atoms. The zero-order chi connectivity index (χ0) is 12.3.